The molecule has 0 amide bonds. The second kappa shape index (κ2) is 7.19. The van der Waals surface area contributed by atoms with Crippen LogP contribution in [0.3, 0.4) is 0 Å². The molecule has 4 saturated carbocycles. The van der Waals surface area contributed by atoms with Crippen molar-refractivity contribution in [2.45, 2.75) is 48.5 Å². The molecule has 30 heavy (non-hydrogen) atoms. The van der Waals surface area contributed by atoms with E-state index in [1.54, 1.807) is 6.33 Å². The maximum atomic E-state index is 9.86. The number of anilines is 1. The lowest BCUT2D eigenvalue weighted by molar-refractivity contribution is 0.185. The van der Waals surface area contributed by atoms with Crippen molar-refractivity contribution in [3.63, 3.8) is 0 Å². The smallest absolute Gasteiger partial charge is 0.165 e. The van der Waals surface area contributed by atoms with E-state index in [0.29, 0.717) is 23.7 Å². The third-order valence-electron chi connectivity index (χ3n) is 8.63. The Kier molecular flexibility index (Phi) is 4.68. The van der Waals surface area contributed by atoms with Crippen LogP contribution in [0.2, 0.25) is 0 Å². The zero-order valence-electron chi connectivity index (χ0n) is 16.6. The summed E-state index contributed by atoms with van der Waals surface area (Å²) < 4.78 is 2.17. The average Bonchev–Trinajstić information content (AvgIpc) is 3.51. The van der Waals surface area contributed by atoms with E-state index in [4.69, 9.17) is 23.2 Å². The maximum absolute atomic E-state index is 9.86. The number of halogens is 2. The third-order valence-corrected chi connectivity index (χ3v) is 9.64. The molecule has 0 spiro atoms. The molecule has 6 rings (SSSR count). The van der Waals surface area contributed by atoms with Crippen molar-refractivity contribution in [1.82, 2.24) is 19.5 Å². The highest BCUT2D eigenvalue weighted by molar-refractivity contribution is 6.21. The van der Waals surface area contributed by atoms with Crippen LogP contribution in [0.4, 0.5) is 5.82 Å². The van der Waals surface area contributed by atoms with Gasteiger partial charge >= 0.3 is 0 Å². The number of alkyl halides is 2. The van der Waals surface area contributed by atoms with Crippen molar-refractivity contribution in [2.75, 3.05) is 18.5 Å². The van der Waals surface area contributed by atoms with E-state index >= 15 is 0 Å². The van der Waals surface area contributed by atoms with Gasteiger partial charge in [0.25, 0.3) is 0 Å². The first-order valence-electron chi connectivity index (χ1n) is 11.0. The Morgan fingerprint density at radius 2 is 1.60 bits per heavy atom. The number of hydrogen-bond acceptors (Lipinski definition) is 6. The highest BCUT2D eigenvalue weighted by Gasteiger charge is 2.54. The topological polar surface area (TPSA) is 96.1 Å². The van der Waals surface area contributed by atoms with Crippen LogP contribution >= 0.6 is 23.2 Å². The van der Waals surface area contributed by atoms with Gasteiger partial charge < -0.3 is 20.1 Å². The van der Waals surface area contributed by atoms with Gasteiger partial charge in [-0.3, -0.25) is 0 Å². The summed E-state index contributed by atoms with van der Waals surface area (Å²) in [7, 11) is 0. The quantitative estimate of drug-likeness (QED) is 0.604. The molecule has 0 radical (unpaired) electrons. The van der Waals surface area contributed by atoms with E-state index in [0.717, 1.165) is 42.7 Å². The number of hydrogen-bond donors (Lipinski definition) is 3. The first kappa shape index (κ1) is 19.5. The van der Waals surface area contributed by atoms with Gasteiger partial charge in [-0.25, -0.2) is 15.0 Å². The van der Waals surface area contributed by atoms with Gasteiger partial charge in [0.1, 0.15) is 11.8 Å². The van der Waals surface area contributed by atoms with Crippen LogP contribution in [0.1, 0.15) is 31.7 Å². The molecule has 4 fully saturated rings. The molecule has 10 atom stereocenters. The highest BCUT2D eigenvalue weighted by atomic mass is 35.5. The average molecular weight is 452 g/mol. The van der Waals surface area contributed by atoms with Crippen LogP contribution in [0.5, 0.6) is 0 Å². The van der Waals surface area contributed by atoms with Crippen molar-refractivity contribution in [1.29, 1.82) is 0 Å². The van der Waals surface area contributed by atoms with Crippen LogP contribution in [-0.4, -0.2) is 59.7 Å². The van der Waals surface area contributed by atoms with E-state index < -0.39 is 0 Å². The molecule has 4 aliphatic rings. The monoisotopic (exact) mass is 451 g/mol. The molecule has 0 unspecified atom stereocenters. The molecule has 0 aromatic carbocycles. The largest absolute Gasteiger partial charge is 0.396 e. The first-order valence-corrected chi connectivity index (χ1v) is 11.9. The second-order valence-corrected chi connectivity index (χ2v) is 10.8. The summed E-state index contributed by atoms with van der Waals surface area (Å²) in [6, 6.07) is 0.525. The van der Waals surface area contributed by atoms with Gasteiger partial charge in [-0.1, -0.05) is 0 Å². The van der Waals surface area contributed by atoms with Crippen molar-refractivity contribution < 1.29 is 10.2 Å². The van der Waals surface area contributed by atoms with E-state index in [1.807, 2.05) is 6.33 Å². The van der Waals surface area contributed by atoms with Gasteiger partial charge in [-0.2, -0.15) is 0 Å². The molecule has 162 valence electrons. The lowest BCUT2D eigenvalue weighted by atomic mass is 9.94. The molecule has 2 aromatic rings. The van der Waals surface area contributed by atoms with E-state index in [1.165, 1.54) is 0 Å². The SMILES string of the molecule is OC[C@@H]1[C@@H]2C[C@H](Cl)[C@H]1C[C@@H]2Nc1ncnc2c1ncn2[C@H]1C[C@H]2[C@H](CO)[C@@H]1C[C@@H]2Cl. The van der Waals surface area contributed by atoms with Crippen LogP contribution in [0.15, 0.2) is 12.7 Å². The fourth-order valence-electron chi connectivity index (χ4n) is 7.27. The van der Waals surface area contributed by atoms with Crippen LogP contribution in [0.25, 0.3) is 11.2 Å². The molecule has 4 bridgehead atoms. The summed E-state index contributed by atoms with van der Waals surface area (Å²) in [6.45, 7) is 0.393. The Morgan fingerprint density at radius 3 is 2.30 bits per heavy atom. The molecule has 9 heteroatoms. The van der Waals surface area contributed by atoms with E-state index in [-0.39, 0.29) is 47.9 Å². The standard InChI is InChI=1S/C21H27Cl2N5O2/c22-15-1-11-13(5-29)9(15)3-17(11)27-20-19-21(25-7-24-20)28(8-26-19)18-4-10-14(6-30)12(18)2-16(10)23/h7-18,29-30H,1-6H2,(H,24,25,27)/t9-,10-,11-,12-,13-,14-,15-,16-,17-,18-/m0/s1. The van der Waals surface area contributed by atoms with Crippen LogP contribution in [0, 0.1) is 35.5 Å². The number of fused-ring (bicyclic) bond motifs is 5. The molecule has 0 aliphatic heterocycles. The summed E-state index contributed by atoms with van der Waals surface area (Å²) in [5.74, 6) is 2.75. The molecule has 3 N–H and O–H groups in total. The number of rotatable bonds is 5. The molecule has 2 heterocycles. The third kappa shape index (κ3) is 2.68. The number of imidazole rings is 1. The number of aliphatic hydroxyl groups is 2. The summed E-state index contributed by atoms with van der Waals surface area (Å²) in [5.41, 5.74) is 1.62. The minimum absolute atomic E-state index is 0.160. The Labute approximate surface area is 185 Å². The van der Waals surface area contributed by atoms with E-state index in [2.05, 4.69) is 24.8 Å². The Hall–Kier alpha value is -1.15. The minimum Gasteiger partial charge on any atom is -0.396 e. The van der Waals surface area contributed by atoms with Gasteiger partial charge in [0.05, 0.1) is 6.33 Å². The molecule has 2 aromatic heterocycles. The predicted octanol–water partition coefficient (Wildman–Crippen LogP) is 2.66. The normalized spacial score (nSPS) is 44.4. The maximum Gasteiger partial charge on any atom is 0.165 e. The minimum atomic E-state index is 0.160. The van der Waals surface area contributed by atoms with Gasteiger partial charge in [0, 0.05) is 36.1 Å². The molecule has 7 nitrogen and oxygen atoms in total. The Morgan fingerprint density at radius 1 is 0.900 bits per heavy atom. The van der Waals surface area contributed by atoms with Crippen LogP contribution < -0.4 is 5.32 Å². The summed E-state index contributed by atoms with van der Waals surface area (Å²) in [5, 5.41) is 23.6. The van der Waals surface area contributed by atoms with Crippen molar-refractivity contribution in [2.24, 2.45) is 35.5 Å². The molecular formula is C21H27Cl2N5O2. The summed E-state index contributed by atoms with van der Waals surface area (Å²) in [6.07, 6.45) is 7.27. The number of aliphatic hydroxyl groups excluding tert-OH is 2. The van der Waals surface area contributed by atoms with Crippen molar-refractivity contribution in [3.8, 4) is 0 Å². The van der Waals surface area contributed by atoms with E-state index in [9.17, 15) is 10.2 Å². The van der Waals surface area contributed by atoms with Gasteiger partial charge in [0.15, 0.2) is 11.5 Å². The Balaban J connectivity index is 1.28. The van der Waals surface area contributed by atoms with Crippen molar-refractivity contribution >= 4 is 40.2 Å². The number of aromatic nitrogens is 4. The molecular weight excluding hydrogens is 425 g/mol. The van der Waals surface area contributed by atoms with Gasteiger partial charge in [-0.15, -0.1) is 23.2 Å². The highest BCUT2D eigenvalue weighted by Crippen LogP contribution is 2.57. The number of nitrogens with zero attached hydrogens (tertiary/aromatic N) is 4. The van der Waals surface area contributed by atoms with Gasteiger partial charge in [0.2, 0.25) is 0 Å². The summed E-state index contributed by atoms with van der Waals surface area (Å²) in [4.78, 5) is 13.7. The van der Waals surface area contributed by atoms with Crippen LogP contribution in [-0.2, 0) is 0 Å². The zero-order chi connectivity index (χ0) is 20.6. The van der Waals surface area contributed by atoms with Crippen molar-refractivity contribution in [3.05, 3.63) is 12.7 Å². The molecule has 0 saturated heterocycles. The lowest BCUT2D eigenvalue weighted by Crippen LogP contribution is -2.30. The Bertz CT molecular complexity index is 957. The predicted molar refractivity (Wildman–Crippen MR) is 115 cm³/mol. The fourth-order valence-corrected chi connectivity index (χ4v) is 8.26. The first-order chi connectivity index (χ1) is 14.6. The second-order valence-electron chi connectivity index (χ2n) is 9.69. The zero-order valence-corrected chi connectivity index (χ0v) is 18.1. The number of nitrogens with one attached hydrogen (secondary N) is 1. The molecule has 4 aliphatic carbocycles. The van der Waals surface area contributed by atoms with Gasteiger partial charge in [-0.05, 0) is 61.2 Å². The summed E-state index contributed by atoms with van der Waals surface area (Å²) >= 11 is 13.0. The fraction of sp³-hybridized carbons (Fsp3) is 0.762. The lowest BCUT2D eigenvalue weighted by Gasteiger charge is -2.27.